The molecule has 0 aliphatic heterocycles. The van der Waals surface area contributed by atoms with Crippen molar-refractivity contribution in [3.8, 4) is 0 Å². The van der Waals surface area contributed by atoms with Crippen LogP contribution in [0.2, 0.25) is 0 Å². The number of nitrogen functional groups attached to an aromatic ring is 1. The van der Waals surface area contributed by atoms with Gasteiger partial charge < -0.3 is 15.9 Å². The van der Waals surface area contributed by atoms with Crippen LogP contribution in [0.1, 0.15) is 36.2 Å². The van der Waals surface area contributed by atoms with Gasteiger partial charge in [-0.2, -0.15) is 0 Å². The lowest BCUT2D eigenvalue weighted by atomic mass is 9.94. The van der Waals surface area contributed by atoms with E-state index in [2.05, 4.69) is 0 Å². The number of benzene rings is 1. The lowest BCUT2D eigenvalue weighted by Gasteiger charge is -2.14. The molecule has 4 N–H and O–H groups in total. The van der Waals surface area contributed by atoms with Crippen LogP contribution < -0.4 is 17.1 Å². The van der Waals surface area contributed by atoms with E-state index in [1.54, 1.807) is 25.1 Å². The molecule has 0 radical (unpaired) electrons. The molecule has 0 saturated carbocycles. The maximum atomic E-state index is 12.4. The third-order valence-electron chi connectivity index (χ3n) is 3.50. The second kappa shape index (κ2) is 5.69. The summed E-state index contributed by atoms with van der Waals surface area (Å²) in [6.45, 7) is 5.68. The second-order valence-corrected chi connectivity index (χ2v) is 5.75. The number of carbonyl (C=O) groups is 1. The molecule has 2 aromatic rings. The lowest BCUT2D eigenvalue weighted by Crippen LogP contribution is -2.35. The molecule has 0 saturated heterocycles. The van der Waals surface area contributed by atoms with E-state index in [9.17, 15) is 9.59 Å². The lowest BCUT2D eigenvalue weighted by molar-refractivity contribution is 0.0947. The number of nitrogens with two attached hydrogens (primary N) is 2. The molecule has 0 spiro atoms. The number of carbonyl (C=O) groups excluding carboxylic acids is 1. The zero-order valence-electron chi connectivity index (χ0n) is 12.5. The SMILES string of the molecule is Cc1c(C(=O)[C@@H](N)CC(C)C)c(=O)oc2cc(N)ccc12. The Kier molecular flexibility index (Phi) is 4.14. The van der Waals surface area contributed by atoms with E-state index in [1.165, 1.54) is 0 Å². The minimum absolute atomic E-state index is 0.0421. The van der Waals surface area contributed by atoms with Crippen LogP contribution >= 0.6 is 0 Å². The van der Waals surface area contributed by atoms with Crippen molar-refractivity contribution in [3.05, 3.63) is 39.7 Å². The van der Waals surface area contributed by atoms with Crippen LogP contribution in [-0.2, 0) is 0 Å². The number of rotatable bonds is 4. The van der Waals surface area contributed by atoms with E-state index >= 15 is 0 Å². The van der Waals surface area contributed by atoms with Gasteiger partial charge in [-0.3, -0.25) is 4.79 Å². The fourth-order valence-corrected chi connectivity index (χ4v) is 2.46. The molecular weight excluding hydrogens is 268 g/mol. The van der Waals surface area contributed by atoms with Gasteiger partial charge in [0.05, 0.1) is 6.04 Å². The highest BCUT2D eigenvalue weighted by Gasteiger charge is 2.24. The average molecular weight is 288 g/mol. The largest absolute Gasteiger partial charge is 0.422 e. The van der Waals surface area contributed by atoms with E-state index in [0.717, 1.165) is 0 Å². The monoisotopic (exact) mass is 288 g/mol. The Bertz CT molecular complexity index is 747. The van der Waals surface area contributed by atoms with Gasteiger partial charge in [-0.15, -0.1) is 0 Å². The van der Waals surface area contributed by atoms with Crippen molar-refractivity contribution in [2.24, 2.45) is 11.7 Å². The van der Waals surface area contributed by atoms with Crippen molar-refractivity contribution in [2.75, 3.05) is 5.73 Å². The predicted octanol–water partition coefficient (Wildman–Crippen LogP) is 2.24. The highest BCUT2D eigenvalue weighted by atomic mass is 16.4. The molecule has 1 heterocycles. The molecule has 0 unspecified atom stereocenters. The van der Waals surface area contributed by atoms with Gasteiger partial charge in [-0.05, 0) is 37.0 Å². The minimum Gasteiger partial charge on any atom is -0.422 e. The molecule has 0 aliphatic carbocycles. The van der Waals surface area contributed by atoms with Crippen molar-refractivity contribution < 1.29 is 9.21 Å². The quantitative estimate of drug-likeness (QED) is 0.510. The van der Waals surface area contributed by atoms with Gasteiger partial charge in [-0.25, -0.2) is 4.79 Å². The Hall–Kier alpha value is -2.14. The van der Waals surface area contributed by atoms with Gasteiger partial charge in [-0.1, -0.05) is 13.8 Å². The maximum absolute atomic E-state index is 12.4. The Morgan fingerprint density at radius 3 is 2.62 bits per heavy atom. The Morgan fingerprint density at radius 1 is 1.33 bits per heavy atom. The van der Waals surface area contributed by atoms with Crippen molar-refractivity contribution >= 4 is 22.4 Å². The molecule has 0 aliphatic rings. The number of Topliss-reactive ketones (excluding diaryl/α,β-unsaturated/α-hetero) is 1. The molecule has 21 heavy (non-hydrogen) atoms. The van der Waals surface area contributed by atoms with E-state index in [1.807, 2.05) is 13.8 Å². The van der Waals surface area contributed by atoms with Gasteiger partial charge in [0.1, 0.15) is 11.1 Å². The molecule has 112 valence electrons. The van der Waals surface area contributed by atoms with E-state index in [0.29, 0.717) is 28.6 Å². The first-order valence-corrected chi connectivity index (χ1v) is 6.94. The summed E-state index contributed by atoms with van der Waals surface area (Å²) < 4.78 is 5.22. The summed E-state index contributed by atoms with van der Waals surface area (Å²) in [5.74, 6) is -0.0924. The van der Waals surface area contributed by atoms with Crippen molar-refractivity contribution in [3.63, 3.8) is 0 Å². The van der Waals surface area contributed by atoms with Gasteiger partial charge in [0.25, 0.3) is 0 Å². The molecule has 1 aromatic carbocycles. The van der Waals surface area contributed by atoms with Crippen LogP contribution in [-0.4, -0.2) is 11.8 Å². The summed E-state index contributed by atoms with van der Waals surface area (Å²) in [5.41, 5.74) is 12.4. The number of hydrogen-bond acceptors (Lipinski definition) is 5. The average Bonchev–Trinajstić information content (AvgIpc) is 2.37. The molecule has 1 atom stereocenters. The van der Waals surface area contributed by atoms with E-state index in [4.69, 9.17) is 15.9 Å². The van der Waals surface area contributed by atoms with E-state index < -0.39 is 11.7 Å². The topological polar surface area (TPSA) is 99.3 Å². The molecular formula is C16H20N2O3. The molecule has 1 aromatic heterocycles. The fourth-order valence-electron chi connectivity index (χ4n) is 2.46. The van der Waals surface area contributed by atoms with Crippen molar-refractivity contribution in [1.29, 1.82) is 0 Å². The molecule has 0 amide bonds. The predicted molar refractivity (Wildman–Crippen MR) is 83.4 cm³/mol. The van der Waals surface area contributed by atoms with Crippen LogP contribution in [0.3, 0.4) is 0 Å². The fraction of sp³-hybridized carbons (Fsp3) is 0.375. The summed E-state index contributed by atoms with van der Waals surface area (Å²) in [7, 11) is 0. The molecule has 2 rings (SSSR count). The summed E-state index contributed by atoms with van der Waals surface area (Å²) in [4.78, 5) is 24.5. The Morgan fingerprint density at radius 2 is 2.00 bits per heavy atom. The first-order chi connectivity index (χ1) is 9.81. The zero-order valence-corrected chi connectivity index (χ0v) is 12.5. The Labute approximate surface area is 122 Å². The normalized spacial score (nSPS) is 12.8. The number of ketones is 1. The van der Waals surface area contributed by atoms with Gasteiger partial charge >= 0.3 is 5.63 Å². The second-order valence-electron chi connectivity index (χ2n) is 5.75. The van der Waals surface area contributed by atoms with Crippen LogP contribution in [0, 0.1) is 12.8 Å². The van der Waals surface area contributed by atoms with Crippen LogP contribution in [0.25, 0.3) is 11.0 Å². The molecule has 5 heteroatoms. The first kappa shape index (κ1) is 15.3. The van der Waals surface area contributed by atoms with Crippen LogP contribution in [0.5, 0.6) is 0 Å². The standard InChI is InChI=1S/C16H20N2O3/c1-8(2)6-12(18)15(19)14-9(3)11-5-4-10(17)7-13(11)21-16(14)20/h4-5,7-8,12H,6,17-18H2,1-3H3/t12-/m0/s1. The number of anilines is 1. The van der Waals surface area contributed by atoms with Crippen LogP contribution in [0.4, 0.5) is 5.69 Å². The number of aryl methyl sites for hydroxylation is 1. The van der Waals surface area contributed by atoms with Crippen molar-refractivity contribution in [2.45, 2.75) is 33.2 Å². The number of hydrogen-bond donors (Lipinski definition) is 2. The Balaban J connectivity index is 2.57. The third-order valence-corrected chi connectivity index (χ3v) is 3.50. The first-order valence-electron chi connectivity index (χ1n) is 6.94. The van der Waals surface area contributed by atoms with Crippen molar-refractivity contribution in [1.82, 2.24) is 0 Å². The number of fused-ring (bicyclic) bond motifs is 1. The van der Waals surface area contributed by atoms with Gasteiger partial charge in [0, 0.05) is 17.1 Å². The summed E-state index contributed by atoms with van der Waals surface area (Å²) in [6.07, 6.45) is 0.525. The molecule has 0 fully saturated rings. The minimum atomic E-state index is -0.696. The third kappa shape index (κ3) is 2.97. The summed E-state index contributed by atoms with van der Waals surface area (Å²) in [6, 6.07) is 4.33. The summed E-state index contributed by atoms with van der Waals surface area (Å²) in [5, 5.41) is 0.698. The van der Waals surface area contributed by atoms with Crippen LogP contribution in [0.15, 0.2) is 27.4 Å². The molecule has 0 bridgehead atoms. The van der Waals surface area contributed by atoms with E-state index in [-0.39, 0.29) is 17.3 Å². The van der Waals surface area contributed by atoms with Gasteiger partial charge in [0.2, 0.25) is 0 Å². The highest BCUT2D eigenvalue weighted by Crippen LogP contribution is 2.22. The molecule has 5 nitrogen and oxygen atoms in total. The van der Waals surface area contributed by atoms with Gasteiger partial charge in [0.15, 0.2) is 5.78 Å². The maximum Gasteiger partial charge on any atom is 0.347 e. The summed E-state index contributed by atoms with van der Waals surface area (Å²) >= 11 is 0. The highest BCUT2D eigenvalue weighted by molar-refractivity contribution is 6.03. The zero-order chi connectivity index (χ0) is 15.7. The smallest absolute Gasteiger partial charge is 0.347 e.